The summed E-state index contributed by atoms with van der Waals surface area (Å²) in [6.07, 6.45) is 6.29. The van der Waals surface area contributed by atoms with E-state index in [1.165, 1.54) is 23.9 Å². The molecule has 0 spiro atoms. The molecule has 3 aromatic rings. The van der Waals surface area contributed by atoms with Gasteiger partial charge in [-0.15, -0.1) is 0 Å². The Morgan fingerprint density at radius 2 is 1.76 bits per heavy atom. The van der Waals surface area contributed by atoms with E-state index in [1.807, 2.05) is 6.07 Å². The standard InChI is InChI=1S/C25H29F2N3O2S2/c1-17-5-4-10-29(15-17)34(31,32)22-8-9-24-23(14-22)28-25(30(24)21-6-2-3-7-21)33-16-18-11-19(26)13-20(27)12-18/h8-9,11-14,17,21H,2-7,10,15-16H2,1H3/t17-/m0/s1. The molecule has 1 atom stereocenters. The summed E-state index contributed by atoms with van der Waals surface area (Å²) in [4.78, 5) is 5.08. The number of piperidine rings is 1. The molecule has 5 nitrogen and oxygen atoms in total. The van der Waals surface area contributed by atoms with E-state index in [9.17, 15) is 17.2 Å². The first-order valence-corrected chi connectivity index (χ1v) is 14.3. The van der Waals surface area contributed by atoms with Crippen LogP contribution in [0.2, 0.25) is 0 Å². The van der Waals surface area contributed by atoms with Crippen LogP contribution in [0.4, 0.5) is 8.78 Å². The predicted molar refractivity (Wildman–Crippen MR) is 130 cm³/mol. The third-order valence-electron chi connectivity index (χ3n) is 6.87. The summed E-state index contributed by atoms with van der Waals surface area (Å²) in [6, 6.07) is 9.08. The van der Waals surface area contributed by atoms with E-state index in [-0.39, 0.29) is 4.90 Å². The Labute approximate surface area is 203 Å². The number of imidazole rings is 1. The summed E-state index contributed by atoms with van der Waals surface area (Å²) in [7, 11) is -3.58. The molecule has 2 fully saturated rings. The fraction of sp³-hybridized carbons (Fsp3) is 0.480. The van der Waals surface area contributed by atoms with Crippen molar-refractivity contribution in [3.05, 3.63) is 53.6 Å². The average Bonchev–Trinajstić information content (AvgIpc) is 3.44. The fourth-order valence-electron chi connectivity index (χ4n) is 5.19. The number of hydrogen-bond acceptors (Lipinski definition) is 4. The molecule has 1 saturated carbocycles. The van der Waals surface area contributed by atoms with Crippen LogP contribution in [-0.2, 0) is 15.8 Å². The highest BCUT2D eigenvalue weighted by Crippen LogP contribution is 2.38. The lowest BCUT2D eigenvalue weighted by Crippen LogP contribution is -2.39. The summed E-state index contributed by atoms with van der Waals surface area (Å²) < 4.78 is 57.7. The zero-order chi connectivity index (χ0) is 23.9. The minimum absolute atomic E-state index is 0.272. The van der Waals surface area contributed by atoms with Crippen LogP contribution in [0, 0.1) is 17.6 Å². The lowest BCUT2D eigenvalue weighted by atomic mass is 10.0. The summed E-state index contributed by atoms with van der Waals surface area (Å²) in [5.41, 5.74) is 2.10. The first-order valence-electron chi connectivity index (χ1n) is 11.9. The van der Waals surface area contributed by atoms with Gasteiger partial charge in [-0.1, -0.05) is 31.5 Å². The van der Waals surface area contributed by atoms with Crippen LogP contribution in [-0.4, -0.2) is 35.4 Å². The van der Waals surface area contributed by atoms with Gasteiger partial charge in [0.15, 0.2) is 5.16 Å². The number of hydrogen-bond donors (Lipinski definition) is 0. The van der Waals surface area contributed by atoms with Crippen molar-refractivity contribution >= 4 is 32.8 Å². The molecule has 1 aliphatic carbocycles. The van der Waals surface area contributed by atoms with Gasteiger partial charge in [-0.3, -0.25) is 0 Å². The highest BCUT2D eigenvalue weighted by molar-refractivity contribution is 7.98. The molecule has 1 aromatic heterocycles. The lowest BCUT2D eigenvalue weighted by molar-refractivity contribution is 0.281. The number of fused-ring (bicyclic) bond motifs is 1. The van der Waals surface area contributed by atoms with E-state index in [1.54, 1.807) is 16.4 Å². The molecule has 9 heteroatoms. The van der Waals surface area contributed by atoms with E-state index >= 15 is 0 Å². The number of thioether (sulfide) groups is 1. The first-order chi connectivity index (χ1) is 16.3. The molecule has 0 bridgehead atoms. The Hall–Kier alpha value is -1.97. The smallest absolute Gasteiger partial charge is 0.243 e. The Morgan fingerprint density at radius 1 is 1.03 bits per heavy atom. The van der Waals surface area contributed by atoms with Crippen LogP contribution in [0.25, 0.3) is 11.0 Å². The molecule has 0 amide bonds. The van der Waals surface area contributed by atoms with Crippen molar-refractivity contribution in [2.45, 2.75) is 67.3 Å². The van der Waals surface area contributed by atoms with Crippen molar-refractivity contribution in [2.24, 2.45) is 5.92 Å². The first kappa shape index (κ1) is 23.8. The topological polar surface area (TPSA) is 55.2 Å². The second-order valence-corrected chi connectivity index (χ2v) is 12.4. The van der Waals surface area contributed by atoms with Crippen molar-refractivity contribution in [1.82, 2.24) is 13.9 Å². The maximum absolute atomic E-state index is 13.6. The van der Waals surface area contributed by atoms with Crippen molar-refractivity contribution in [3.63, 3.8) is 0 Å². The Kier molecular flexibility index (Phi) is 6.70. The Balaban J connectivity index is 1.49. The van der Waals surface area contributed by atoms with Crippen LogP contribution in [0.3, 0.4) is 0 Å². The number of aromatic nitrogens is 2. The van der Waals surface area contributed by atoms with Crippen molar-refractivity contribution < 1.29 is 17.2 Å². The predicted octanol–water partition coefficient (Wildman–Crippen LogP) is 6.14. The third-order valence-corrected chi connectivity index (χ3v) is 9.75. The van der Waals surface area contributed by atoms with Crippen LogP contribution >= 0.6 is 11.8 Å². The van der Waals surface area contributed by atoms with E-state index in [2.05, 4.69) is 11.5 Å². The van der Waals surface area contributed by atoms with Crippen LogP contribution in [0.5, 0.6) is 0 Å². The number of sulfonamides is 1. The molecular weight excluding hydrogens is 476 g/mol. The molecule has 1 saturated heterocycles. The maximum atomic E-state index is 13.6. The second kappa shape index (κ2) is 9.59. The number of halogens is 2. The minimum atomic E-state index is -3.58. The zero-order valence-corrected chi connectivity index (χ0v) is 20.8. The van der Waals surface area contributed by atoms with Gasteiger partial charge < -0.3 is 4.57 Å². The average molecular weight is 506 g/mol. The SMILES string of the molecule is C[C@H]1CCCN(S(=O)(=O)c2ccc3c(c2)nc(SCc2cc(F)cc(F)c2)n3C2CCCC2)C1. The van der Waals surface area contributed by atoms with Gasteiger partial charge >= 0.3 is 0 Å². The van der Waals surface area contributed by atoms with E-state index < -0.39 is 21.7 Å². The molecular formula is C25H29F2N3O2S2. The number of benzene rings is 2. The molecule has 2 aromatic carbocycles. The molecule has 0 unspecified atom stereocenters. The minimum Gasteiger partial charge on any atom is -0.316 e. The van der Waals surface area contributed by atoms with Gasteiger partial charge in [-0.2, -0.15) is 4.31 Å². The molecule has 0 radical (unpaired) electrons. The van der Waals surface area contributed by atoms with Crippen LogP contribution in [0.15, 0.2) is 46.5 Å². The van der Waals surface area contributed by atoms with E-state index in [0.717, 1.165) is 55.3 Å². The Morgan fingerprint density at radius 3 is 2.47 bits per heavy atom. The van der Waals surface area contributed by atoms with Crippen LogP contribution < -0.4 is 0 Å². The van der Waals surface area contributed by atoms with Gasteiger partial charge in [0, 0.05) is 31.0 Å². The van der Waals surface area contributed by atoms with Gasteiger partial charge in [0.1, 0.15) is 11.6 Å². The maximum Gasteiger partial charge on any atom is 0.243 e. The second-order valence-electron chi connectivity index (χ2n) is 9.53. The monoisotopic (exact) mass is 505 g/mol. The molecule has 34 heavy (non-hydrogen) atoms. The van der Waals surface area contributed by atoms with Crippen molar-refractivity contribution in [2.75, 3.05) is 13.1 Å². The summed E-state index contributed by atoms with van der Waals surface area (Å²) in [5.74, 6) is -0.463. The van der Waals surface area contributed by atoms with Gasteiger partial charge in [-0.25, -0.2) is 22.2 Å². The molecule has 0 N–H and O–H groups in total. The Bertz CT molecular complexity index is 1280. The van der Waals surface area contributed by atoms with Gasteiger partial charge in [0.05, 0.1) is 15.9 Å². The van der Waals surface area contributed by atoms with Gasteiger partial charge in [0.25, 0.3) is 0 Å². The molecule has 1 aliphatic heterocycles. The van der Waals surface area contributed by atoms with Gasteiger partial charge in [0.2, 0.25) is 10.0 Å². The fourth-order valence-corrected chi connectivity index (χ4v) is 7.82. The molecule has 5 rings (SSSR count). The van der Waals surface area contributed by atoms with E-state index in [0.29, 0.717) is 41.9 Å². The highest BCUT2D eigenvalue weighted by atomic mass is 32.2. The third kappa shape index (κ3) is 4.75. The van der Waals surface area contributed by atoms with Crippen molar-refractivity contribution in [1.29, 1.82) is 0 Å². The molecule has 2 aliphatic rings. The van der Waals surface area contributed by atoms with Gasteiger partial charge in [-0.05, 0) is 67.5 Å². The summed E-state index contributed by atoms with van der Waals surface area (Å²) in [6.45, 7) is 3.18. The normalized spacial score (nSPS) is 20.4. The molecule has 182 valence electrons. The number of rotatable bonds is 6. The van der Waals surface area contributed by atoms with Crippen LogP contribution in [0.1, 0.15) is 57.1 Å². The van der Waals surface area contributed by atoms with E-state index in [4.69, 9.17) is 4.98 Å². The lowest BCUT2D eigenvalue weighted by Gasteiger charge is -2.30. The largest absolute Gasteiger partial charge is 0.316 e. The zero-order valence-electron chi connectivity index (χ0n) is 19.2. The van der Waals surface area contributed by atoms with Crippen molar-refractivity contribution in [3.8, 4) is 0 Å². The number of nitrogens with zero attached hydrogens (tertiary/aromatic N) is 3. The quantitative estimate of drug-likeness (QED) is 0.378. The summed E-state index contributed by atoms with van der Waals surface area (Å²) in [5, 5.41) is 0.757. The molecule has 2 heterocycles. The highest BCUT2D eigenvalue weighted by Gasteiger charge is 2.30. The summed E-state index contributed by atoms with van der Waals surface area (Å²) >= 11 is 1.43.